The minimum absolute atomic E-state index is 0.0656. The molecule has 1 rings (SSSR count). The van der Waals surface area contributed by atoms with Crippen molar-refractivity contribution >= 4 is 12.9 Å². The lowest BCUT2D eigenvalue weighted by molar-refractivity contribution is 0.387. The number of nitrogens with one attached hydrogen (secondary N) is 1. The molecule has 0 amide bonds. The van der Waals surface area contributed by atoms with Crippen LogP contribution in [0.5, 0.6) is 0 Å². The van der Waals surface area contributed by atoms with Crippen molar-refractivity contribution in [1.29, 1.82) is 0 Å². The zero-order chi connectivity index (χ0) is 11.5. The van der Waals surface area contributed by atoms with Crippen molar-refractivity contribution in [3.63, 3.8) is 0 Å². The lowest BCUT2D eigenvalue weighted by Gasteiger charge is -2.09. The molecule has 1 aromatic rings. The molecule has 5 heteroatoms. The van der Waals surface area contributed by atoms with E-state index in [9.17, 15) is 4.57 Å². The molecule has 0 atom stereocenters. The van der Waals surface area contributed by atoms with Crippen molar-refractivity contribution in [2.45, 2.75) is 26.4 Å². The molecular formula is C10H16NO3P. The Morgan fingerprint density at radius 3 is 2.20 bits per heavy atom. The van der Waals surface area contributed by atoms with E-state index in [1.54, 1.807) is 12.1 Å². The van der Waals surface area contributed by atoms with Crippen LogP contribution in [0.25, 0.3) is 0 Å². The zero-order valence-corrected chi connectivity index (χ0v) is 9.74. The molecule has 0 bridgehead atoms. The number of hydrogen-bond acceptors (Lipinski definition) is 2. The van der Waals surface area contributed by atoms with E-state index in [1.807, 2.05) is 13.8 Å². The summed E-state index contributed by atoms with van der Waals surface area (Å²) in [6.07, 6.45) is 0. The van der Waals surface area contributed by atoms with Gasteiger partial charge in [0.15, 0.2) is 0 Å². The summed E-state index contributed by atoms with van der Waals surface area (Å²) in [6.45, 7) is 4.80. The second-order valence-corrected chi connectivity index (χ2v) is 5.35. The lowest BCUT2D eigenvalue weighted by Crippen LogP contribution is -2.22. The molecule has 0 heterocycles. The summed E-state index contributed by atoms with van der Waals surface area (Å²) < 4.78 is 10.9. The molecule has 0 aromatic heterocycles. The Balaban J connectivity index is 2.69. The third-order valence-corrected chi connectivity index (χ3v) is 2.96. The summed E-state index contributed by atoms with van der Waals surface area (Å²) >= 11 is 0. The molecule has 1 aromatic carbocycles. The Labute approximate surface area is 89.5 Å². The first-order chi connectivity index (χ1) is 6.89. The van der Waals surface area contributed by atoms with Gasteiger partial charge in [-0.15, -0.1) is 0 Å². The molecule has 0 saturated carbocycles. The second-order valence-electron chi connectivity index (χ2n) is 3.75. The molecule has 84 valence electrons. The van der Waals surface area contributed by atoms with Crippen LogP contribution in [0.4, 0.5) is 0 Å². The average molecular weight is 229 g/mol. The molecule has 0 aliphatic rings. The summed E-state index contributed by atoms with van der Waals surface area (Å²) in [5.74, 6) is 0. The third kappa shape index (κ3) is 4.14. The van der Waals surface area contributed by atoms with Gasteiger partial charge in [0.25, 0.3) is 0 Å². The van der Waals surface area contributed by atoms with Gasteiger partial charge in [-0.2, -0.15) is 0 Å². The summed E-state index contributed by atoms with van der Waals surface area (Å²) in [6, 6.07) is 6.79. The van der Waals surface area contributed by atoms with Gasteiger partial charge in [-0.3, -0.25) is 4.57 Å². The van der Waals surface area contributed by atoms with Crippen LogP contribution in [0.1, 0.15) is 19.4 Å². The van der Waals surface area contributed by atoms with E-state index in [0.29, 0.717) is 12.6 Å². The first kappa shape index (κ1) is 12.4. The summed E-state index contributed by atoms with van der Waals surface area (Å²) in [4.78, 5) is 17.8. The highest BCUT2D eigenvalue weighted by atomic mass is 31.2. The number of benzene rings is 1. The summed E-state index contributed by atoms with van der Waals surface area (Å²) in [5.41, 5.74) is 1.01. The molecule has 3 N–H and O–H groups in total. The van der Waals surface area contributed by atoms with Gasteiger partial charge in [0.05, 0.1) is 5.30 Å². The van der Waals surface area contributed by atoms with Crippen molar-refractivity contribution in [3.8, 4) is 0 Å². The van der Waals surface area contributed by atoms with E-state index in [0.717, 1.165) is 5.56 Å². The van der Waals surface area contributed by atoms with Gasteiger partial charge in [0, 0.05) is 12.6 Å². The van der Waals surface area contributed by atoms with E-state index < -0.39 is 7.60 Å². The Hall–Kier alpha value is -0.670. The van der Waals surface area contributed by atoms with Crippen LogP contribution in [0.3, 0.4) is 0 Å². The average Bonchev–Trinajstić information content (AvgIpc) is 2.14. The lowest BCUT2D eigenvalue weighted by atomic mass is 10.2. The van der Waals surface area contributed by atoms with Gasteiger partial charge < -0.3 is 15.1 Å². The molecule has 0 fully saturated rings. The van der Waals surface area contributed by atoms with Gasteiger partial charge >= 0.3 is 7.60 Å². The van der Waals surface area contributed by atoms with Crippen LogP contribution in [0.15, 0.2) is 24.3 Å². The van der Waals surface area contributed by atoms with Gasteiger partial charge in [-0.25, -0.2) is 0 Å². The quantitative estimate of drug-likeness (QED) is 0.673. The minimum Gasteiger partial charge on any atom is -0.321 e. The Morgan fingerprint density at radius 2 is 1.80 bits per heavy atom. The van der Waals surface area contributed by atoms with Crippen LogP contribution in [0.2, 0.25) is 0 Å². The smallest absolute Gasteiger partial charge is 0.321 e. The molecule has 0 spiro atoms. The maximum atomic E-state index is 10.9. The maximum absolute atomic E-state index is 10.9. The fraction of sp³-hybridized carbons (Fsp3) is 0.400. The predicted octanol–water partition coefficient (Wildman–Crippen LogP) is 0.988. The maximum Gasteiger partial charge on any atom is 0.356 e. The van der Waals surface area contributed by atoms with Gasteiger partial charge in [0.2, 0.25) is 0 Å². The molecular weight excluding hydrogens is 213 g/mol. The minimum atomic E-state index is -4.10. The number of rotatable bonds is 4. The molecule has 0 aliphatic carbocycles. The van der Waals surface area contributed by atoms with Crippen LogP contribution in [0, 0.1) is 0 Å². The van der Waals surface area contributed by atoms with E-state index in [4.69, 9.17) is 9.79 Å². The second kappa shape index (κ2) is 4.90. The first-order valence-electron chi connectivity index (χ1n) is 4.78. The molecule has 0 radical (unpaired) electrons. The highest BCUT2D eigenvalue weighted by molar-refractivity contribution is 7.60. The van der Waals surface area contributed by atoms with Crippen molar-refractivity contribution < 1.29 is 14.4 Å². The van der Waals surface area contributed by atoms with Crippen LogP contribution < -0.4 is 10.6 Å². The Kier molecular flexibility index (Phi) is 4.05. The summed E-state index contributed by atoms with van der Waals surface area (Å²) in [7, 11) is -4.10. The van der Waals surface area contributed by atoms with E-state index in [1.165, 1.54) is 12.1 Å². The standard InChI is InChI=1S/C10H16NO3P/c1-8(2)11-7-9-3-5-10(6-4-9)15(12,13)14/h3-6,8,11H,7H2,1-2H3,(H2,12,13,14). The van der Waals surface area contributed by atoms with Gasteiger partial charge in [0.1, 0.15) is 0 Å². The van der Waals surface area contributed by atoms with E-state index >= 15 is 0 Å². The zero-order valence-electron chi connectivity index (χ0n) is 8.84. The highest BCUT2D eigenvalue weighted by Gasteiger charge is 2.15. The third-order valence-electron chi connectivity index (χ3n) is 1.99. The fourth-order valence-electron chi connectivity index (χ4n) is 1.13. The summed E-state index contributed by atoms with van der Waals surface area (Å²) in [5, 5.41) is 3.29. The highest BCUT2D eigenvalue weighted by Crippen LogP contribution is 2.32. The van der Waals surface area contributed by atoms with Crippen molar-refractivity contribution in [3.05, 3.63) is 29.8 Å². The van der Waals surface area contributed by atoms with Crippen molar-refractivity contribution in [2.24, 2.45) is 0 Å². The van der Waals surface area contributed by atoms with Crippen LogP contribution in [-0.4, -0.2) is 15.8 Å². The molecule has 4 nitrogen and oxygen atoms in total. The van der Waals surface area contributed by atoms with Gasteiger partial charge in [-0.05, 0) is 17.7 Å². The number of hydrogen-bond donors (Lipinski definition) is 3. The molecule has 15 heavy (non-hydrogen) atoms. The SMILES string of the molecule is CC(C)NCc1ccc(P(=O)(O)O)cc1. The van der Waals surface area contributed by atoms with E-state index in [2.05, 4.69) is 5.32 Å². The topological polar surface area (TPSA) is 69.6 Å². The monoisotopic (exact) mass is 229 g/mol. The largest absolute Gasteiger partial charge is 0.356 e. The van der Waals surface area contributed by atoms with Crippen LogP contribution in [-0.2, 0) is 11.1 Å². The predicted molar refractivity (Wildman–Crippen MR) is 60.1 cm³/mol. The molecule has 0 unspecified atom stereocenters. The van der Waals surface area contributed by atoms with Crippen molar-refractivity contribution in [1.82, 2.24) is 5.32 Å². The Bertz CT molecular complexity index is 355. The molecule has 0 saturated heterocycles. The normalized spacial score (nSPS) is 12.1. The van der Waals surface area contributed by atoms with E-state index in [-0.39, 0.29) is 5.30 Å². The van der Waals surface area contributed by atoms with Crippen molar-refractivity contribution in [2.75, 3.05) is 0 Å². The molecule has 0 aliphatic heterocycles. The Morgan fingerprint density at radius 1 is 1.27 bits per heavy atom. The first-order valence-corrected chi connectivity index (χ1v) is 6.39. The van der Waals surface area contributed by atoms with Crippen LogP contribution >= 0.6 is 7.60 Å². The fourth-order valence-corrected chi connectivity index (χ4v) is 1.67. The van der Waals surface area contributed by atoms with Gasteiger partial charge in [-0.1, -0.05) is 26.0 Å².